The first-order chi connectivity index (χ1) is 18.0. The Morgan fingerprint density at radius 3 is 2.76 bits per heavy atom. The standard InChI is InChI=1S/C26H22N4O6S/c1-3-35-24-12-17(10-11-23(24)36-25(31)19-7-5-9-21(14-19)34-2)15-27-29-26-28-22(16-37-26)18-6-4-8-20(13-18)30(32)33/h4-16H,3H2,1-2H3,(H,28,29). The summed E-state index contributed by atoms with van der Waals surface area (Å²) in [7, 11) is 1.53. The van der Waals surface area contributed by atoms with E-state index in [0.29, 0.717) is 45.6 Å². The van der Waals surface area contributed by atoms with Crippen molar-refractivity contribution in [3.63, 3.8) is 0 Å². The number of esters is 1. The van der Waals surface area contributed by atoms with E-state index in [-0.39, 0.29) is 11.4 Å². The van der Waals surface area contributed by atoms with Crippen molar-refractivity contribution in [3.05, 3.63) is 93.4 Å². The molecule has 1 N–H and O–H groups in total. The Balaban J connectivity index is 1.44. The molecule has 0 radical (unpaired) electrons. The number of carbonyl (C=O) groups is 1. The van der Waals surface area contributed by atoms with Crippen molar-refractivity contribution in [2.75, 3.05) is 19.1 Å². The van der Waals surface area contributed by atoms with Crippen LogP contribution in [0, 0.1) is 10.1 Å². The van der Waals surface area contributed by atoms with Gasteiger partial charge in [-0.05, 0) is 48.9 Å². The van der Waals surface area contributed by atoms with Crippen molar-refractivity contribution in [2.45, 2.75) is 6.92 Å². The number of hydrogen-bond acceptors (Lipinski definition) is 10. The smallest absolute Gasteiger partial charge is 0.343 e. The number of nitrogens with one attached hydrogen (secondary N) is 1. The number of ether oxygens (including phenoxy) is 3. The second-order valence-corrected chi connectivity index (χ2v) is 8.33. The second kappa shape index (κ2) is 11.8. The Labute approximate surface area is 216 Å². The van der Waals surface area contributed by atoms with E-state index in [1.807, 2.05) is 6.92 Å². The number of benzene rings is 3. The lowest BCUT2D eigenvalue weighted by atomic mass is 10.1. The Morgan fingerprint density at radius 1 is 1.14 bits per heavy atom. The van der Waals surface area contributed by atoms with Crippen molar-refractivity contribution in [2.24, 2.45) is 5.10 Å². The number of rotatable bonds is 10. The highest BCUT2D eigenvalue weighted by molar-refractivity contribution is 7.14. The zero-order chi connectivity index (χ0) is 26.2. The fourth-order valence-corrected chi connectivity index (χ4v) is 3.93. The molecule has 0 unspecified atom stereocenters. The van der Waals surface area contributed by atoms with Crippen molar-refractivity contribution < 1.29 is 23.9 Å². The molecule has 0 spiro atoms. The molecule has 11 heteroatoms. The second-order valence-electron chi connectivity index (χ2n) is 7.48. The largest absolute Gasteiger partial charge is 0.497 e. The van der Waals surface area contributed by atoms with Crippen LogP contribution in [0.3, 0.4) is 0 Å². The molecule has 10 nitrogen and oxygen atoms in total. The van der Waals surface area contributed by atoms with Crippen molar-refractivity contribution in [1.29, 1.82) is 0 Å². The lowest BCUT2D eigenvalue weighted by Crippen LogP contribution is -2.10. The highest BCUT2D eigenvalue weighted by Gasteiger charge is 2.14. The topological polar surface area (TPSA) is 125 Å². The number of carbonyl (C=O) groups excluding carboxylic acids is 1. The Bertz CT molecular complexity index is 1450. The summed E-state index contributed by atoms with van der Waals surface area (Å²) in [6, 6.07) is 18.0. The molecule has 1 aromatic heterocycles. The number of nitro benzene ring substituents is 1. The minimum Gasteiger partial charge on any atom is -0.497 e. The van der Waals surface area contributed by atoms with Gasteiger partial charge in [-0.2, -0.15) is 5.10 Å². The molecule has 4 aromatic rings. The SMILES string of the molecule is CCOc1cc(C=NNc2nc(-c3cccc([N+](=O)[O-])c3)cs2)ccc1OC(=O)c1cccc(OC)c1. The Hall–Kier alpha value is -4.77. The van der Waals surface area contributed by atoms with E-state index in [9.17, 15) is 14.9 Å². The highest BCUT2D eigenvalue weighted by atomic mass is 32.1. The molecule has 4 rings (SSSR count). The predicted molar refractivity (Wildman–Crippen MR) is 141 cm³/mol. The average molecular weight is 519 g/mol. The summed E-state index contributed by atoms with van der Waals surface area (Å²) in [5, 5.41) is 17.5. The van der Waals surface area contributed by atoms with E-state index >= 15 is 0 Å². The number of methoxy groups -OCH3 is 1. The van der Waals surface area contributed by atoms with Crippen LogP contribution in [0.15, 0.2) is 77.2 Å². The van der Waals surface area contributed by atoms with E-state index in [1.54, 1.807) is 66.2 Å². The quantitative estimate of drug-likeness (QED) is 0.0919. The van der Waals surface area contributed by atoms with Crippen molar-refractivity contribution in [1.82, 2.24) is 4.98 Å². The zero-order valence-corrected chi connectivity index (χ0v) is 20.7. The number of anilines is 1. The van der Waals surface area contributed by atoms with Crippen LogP contribution >= 0.6 is 11.3 Å². The van der Waals surface area contributed by atoms with Gasteiger partial charge in [-0.1, -0.05) is 18.2 Å². The molecule has 0 saturated heterocycles. The number of nitrogens with zero attached hydrogens (tertiary/aromatic N) is 3. The van der Waals surface area contributed by atoms with Crippen LogP contribution in [0.4, 0.5) is 10.8 Å². The van der Waals surface area contributed by atoms with Crippen LogP contribution in [-0.4, -0.2) is 35.8 Å². The van der Waals surface area contributed by atoms with Gasteiger partial charge in [-0.3, -0.25) is 15.5 Å². The molecule has 3 aromatic carbocycles. The van der Waals surface area contributed by atoms with E-state index in [4.69, 9.17) is 14.2 Å². The molecule has 0 atom stereocenters. The summed E-state index contributed by atoms with van der Waals surface area (Å²) in [5.74, 6) is 0.688. The molecule has 0 aliphatic rings. The van der Waals surface area contributed by atoms with Crippen LogP contribution in [0.25, 0.3) is 11.3 Å². The van der Waals surface area contributed by atoms with Crippen LogP contribution < -0.4 is 19.6 Å². The molecular formula is C26H22N4O6S. The molecule has 0 aliphatic heterocycles. The third-order valence-electron chi connectivity index (χ3n) is 5.01. The van der Waals surface area contributed by atoms with Crippen LogP contribution in [0.2, 0.25) is 0 Å². The maximum atomic E-state index is 12.6. The summed E-state index contributed by atoms with van der Waals surface area (Å²) < 4.78 is 16.4. The van der Waals surface area contributed by atoms with Gasteiger partial charge in [0.25, 0.3) is 5.69 Å². The predicted octanol–water partition coefficient (Wildman–Crippen LogP) is 5.79. The van der Waals surface area contributed by atoms with Crippen LogP contribution in [0.5, 0.6) is 17.2 Å². The molecule has 0 saturated carbocycles. The minimum absolute atomic E-state index is 0.000698. The fourth-order valence-electron chi connectivity index (χ4n) is 3.26. The molecule has 0 fully saturated rings. The van der Waals surface area contributed by atoms with Gasteiger partial charge in [0.1, 0.15) is 5.75 Å². The number of hydrogen-bond donors (Lipinski definition) is 1. The van der Waals surface area contributed by atoms with Gasteiger partial charge >= 0.3 is 5.97 Å². The number of hydrazone groups is 1. The fraction of sp³-hybridized carbons (Fsp3) is 0.115. The van der Waals surface area contributed by atoms with Crippen molar-refractivity contribution in [3.8, 4) is 28.5 Å². The van der Waals surface area contributed by atoms with Gasteiger partial charge in [-0.15, -0.1) is 11.3 Å². The van der Waals surface area contributed by atoms with Gasteiger partial charge in [0, 0.05) is 23.1 Å². The molecule has 0 aliphatic carbocycles. The molecule has 1 heterocycles. The van der Waals surface area contributed by atoms with E-state index in [2.05, 4.69) is 15.5 Å². The lowest BCUT2D eigenvalue weighted by molar-refractivity contribution is -0.384. The lowest BCUT2D eigenvalue weighted by Gasteiger charge is -2.11. The van der Waals surface area contributed by atoms with Gasteiger partial charge in [0.05, 0.1) is 36.1 Å². The summed E-state index contributed by atoms with van der Waals surface area (Å²) >= 11 is 1.32. The monoisotopic (exact) mass is 518 g/mol. The van der Waals surface area contributed by atoms with Gasteiger partial charge < -0.3 is 14.2 Å². The molecular weight excluding hydrogens is 496 g/mol. The van der Waals surface area contributed by atoms with E-state index < -0.39 is 10.9 Å². The highest BCUT2D eigenvalue weighted by Crippen LogP contribution is 2.30. The number of non-ortho nitro benzene ring substituents is 1. The van der Waals surface area contributed by atoms with Crippen molar-refractivity contribution >= 4 is 34.3 Å². The molecule has 188 valence electrons. The summed E-state index contributed by atoms with van der Waals surface area (Å²) in [4.78, 5) is 27.6. The summed E-state index contributed by atoms with van der Waals surface area (Å²) in [6.45, 7) is 2.21. The summed E-state index contributed by atoms with van der Waals surface area (Å²) in [5.41, 5.74) is 5.16. The Morgan fingerprint density at radius 2 is 1.97 bits per heavy atom. The number of aromatic nitrogens is 1. The summed E-state index contributed by atoms with van der Waals surface area (Å²) in [6.07, 6.45) is 1.57. The van der Waals surface area contributed by atoms with E-state index in [1.165, 1.54) is 30.6 Å². The van der Waals surface area contributed by atoms with Gasteiger partial charge in [-0.25, -0.2) is 9.78 Å². The molecule has 0 amide bonds. The first kappa shape index (κ1) is 25.3. The first-order valence-electron chi connectivity index (χ1n) is 11.1. The zero-order valence-electron chi connectivity index (χ0n) is 19.9. The third kappa shape index (κ3) is 6.47. The molecule has 37 heavy (non-hydrogen) atoms. The Kier molecular flexibility index (Phi) is 8.06. The minimum atomic E-state index is -0.536. The van der Waals surface area contributed by atoms with Crippen LogP contribution in [0.1, 0.15) is 22.8 Å². The number of nitro groups is 1. The third-order valence-corrected chi connectivity index (χ3v) is 5.75. The normalized spacial score (nSPS) is 10.8. The van der Waals surface area contributed by atoms with Gasteiger partial charge in [0.15, 0.2) is 11.5 Å². The first-order valence-corrected chi connectivity index (χ1v) is 12.0. The van der Waals surface area contributed by atoms with E-state index in [0.717, 1.165) is 0 Å². The van der Waals surface area contributed by atoms with Gasteiger partial charge in [0.2, 0.25) is 5.13 Å². The maximum absolute atomic E-state index is 12.6. The number of thiazole rings is 1. The maximum Gasteiger partial charge on any atom is 0.343 e. The average Bonchev–Trinajstić information content (AvgIpc) is 3.39. The van der Waals surface area contributed by atoms with Crippen LogP contribution in [-0.2, 0) is 0 Å². The molecule has 0 bridgehead atoms.